The number of methoxy groups -OCH3 is 1. The van der Waals surface area contributed by atoms with Gasteiger partial charge in [-0.2, -0.15) is 0 Å². The predicted molar refractivity (Wildman–Crippen MR) is 86.4 cm³/mol. The Morgan fingerprint density at radius 3 is 2.48 bits per heavy atom. The lowest BCUT2D eigenvalue weighted by atomic mass is 10.0. The van der Waals surface area contributed by atoms with Crippen LogP contribution in [0.5, 0.6) is 11.5 Å². The van der Waals surface area contributed by atoms with Crippen molar-refractivity contribution >= 4 is 22.7 Å². The van der Waals surface area contributed by atoms with Crippen molar-refractivity contribution in [2.75, 3.05) is 7.11 Å². The minimum absolute atomic E-state index is 0.0141. The van der Waals surface area contributed by atoms with Gasteiger partial charge in [0, 0.05) is 10.8 Å². The summed E-state index contributed by atoms with van der Waals surface area (Å²) in [5.74, 6) is -1.69. The molecule has 0 aliphatic heterocycles. The van der Waals surface area contributed by atoms with Gasteiger partial charge in [-0.05, 0) is 18.2 Å². The summed E-state index contributed by atoms with van der Waals surface area (Å²) in [6, 6.07) is 10.6. The Morgan fingerprint density at radius 2 is 1.76 bits per heavy atom. The molecule has 0 unspecified atom stereocenters. The van der Waals surface area contributed by atoms with Crippen LogP contribution in [0.2, 0.25) is 0 Å². The third-order valence-electron chi connectivity index (χ3n) is 3.61. The molecular formula is C18H14O7. The monoisotopic (exact) mass is 342 g/mol. The molecule has 0 fully saturated rings. The number of ether oxygens (including phenoxy) is 2. The zero-order valence-electron chi connectivity index (χ0n) is 13.2. The largest absolute Gasteiger partial charge is 0.507 e. The molecule has 25 heavy (non-hydrogen) atoms. The fraction of sp³-hybridized carbons (Fsp3) is 0.111. The summed E-state index contributed by atoms with van der Waals surface area (Å²) in [4.78, 5) is 23.5. The van der Waals surface area contributed by atoms with E-state index in [1.165, 1.54) is 19.2 Å². The second-order valence-electron chi connectivity index (χ2n) is 5.17. The zero-order chi connectivity index (χ0) is 18.0. The van der Waals surface area contributed by atoms with Gasteiger partial charge in [-0.3, -0.25) is 0 Å². The van der Waals surface area contributed by atoms with Crippen LogP contribution < -0.4 is 0 Å². The summed E-state index contributed by atoms with van der Waals surface area (Å²) in [5.41, 5.74) is -0.170. The topological polar surface area (TPSA) is 106 Å². The summed E-state index contributed by atoms with van der Waals surface area (Å²) >= 11 is 0. The van der Waals surface area contributed by atoms with Gasteiger partial charge in [0.2, 0.25) is 5.76 Å². The molecule has 0 aliphatic rings. The zero-order valence-corrected chi connectivity index (χ0v) is 13.2. The lowest BCUT2D eigenvalue weighted by molar-refractivity contribution is 0.0435. The van der Waals surface area contributed by atoms with Crippen molar-refractivity contribution in [3.8, 4) is 11.5 Å². The first-order chi connectivity index (χ1) is 12.0. The Hall–Kier alpha value is -3.48. The third-order valence-corrected chi connectivity index (χ3v) is 3.61. The lowest BCUT2D eigenvalue weighted by Gasteiger charge is -2.09. The number of hydrogen-bond donors (Lipinski definition) is 2. The molecule has 128 valence electrons. The molecule has 3 rings (SSSR count). The molecule has 0 atom stereocenters. The van der Waals surface area contributed by atoms with Crippen LogP contribution in [-0.2, 0) is 16.1 Å². The third kappa shape index (κ3) is 3.12. The molecule has 1 heterocycles. The molecule has 0 aliphatic carbocycles. The number of furan rings is 1. The number of benzene rings is 2. The van der Waals surface area contributed by atoms with E-state index in [0.29, 0.717) is 10.8 Å². The van der Waals surface area contributed by atoms with Crippen molar-refractivity contribution in [2.24, 2.45) is 0 Å². The number of carbonyl (C=O) groups excluding carboxylic acids is 2. The first-order valence-corrected chi connectivity index (χ1v) is 7.29. The summed E-state index contributed by atoms with van der Waals surface area (Å²) < 4.78 is 14.8. The summed E-state index contributed by atoms with van der Waals surface area (Å²) in [5, 5.41) is 21.0. The van der Waals surface area contributed by atoms with Crippen LogP contribution in [0.15, 0.2) is 46.9 Å². The SMILES string of the molecule is COC(=O)c1ccc(COC(=O)c2cc(O)c3ccccc3c2O)o1. The highest BCUT2D eigenvalue weighted by Gasteiger charge is 2.19. The Balaban J connectivity index is 1.80. The number of fused-ring (bicyclic) bond motifs is 1. The second kappa shape index (κ2) is 6.56. The smallest absolute Gasteiger partial charge is 0.373 e. The predicted octanol–water partition coefficient (Wildman–Crippen LogP) is 2.99. The van der Waals surface area contributed by atoms with Crippen LogP contribution in [0, 0.1) is 0 Å². The maximum atomic E-state index is 12.2. The van der Waals surface area contributed by atoms with Crippen LogP contribution in [0.4, 0.5) is 0 Å². The van der Waals surface area contributed by atoms with Gasteiger partial charge in [0.25, 0.3) is 0 Å². The summed E-state index contributed by atoms with van der Waals surface area (Å²) in [6.45, 7) is -0.247. The Labute approximate surface area is 142 Å². The number of rotatable bonds is 4. The van der Waals surface area contributed by atoms with Gasteiger partial charge in [-0.15, -0.1) is 0 Å². The molecule has 2 aromatic carbocycles. The van der Waals surface area contributed by atoms with E-state index in [9.17, 15) is 19.8 Å². The first kappa shape index (κ1) is 16.4. The first-order valence-electron chi connectivity index (χ1n) is 7.29. The molecule has 7 nitrogen and oxygen atoms in total. The van der Waals surface area contributed by atoms with E-state index in [-0.39, 0.29) is 35.2 Å². The van der Waals surface area contributed by atoms with Crippen molar-refractivity contribution in [3.63, 3.8) is 0 Å². The fourth-order valence-electron chi connectivity index (χ4n) is 2.38. The molecular weight excluding hydrogens is 328 g/mol. The van der Waals surface area contributed by atoms with Crippen molar-refractivity contribution in [1.29, 1.82) is 0 Å². The van der Waals surface area contributed by atoms with Crippen molar-refractivity contribution in [2.45, 2.75) is 6.61 Å². The van der Waals surface area contributed by atoms with Crippen LogP contribution in [0.1, 0.15) is 26.7 Å². The molecule has 0 radical (unpaired) electrons. The molecule has 0 saturated carbocycles. The minimum Gasteiger partial charge on any atom is -0.507 e. The Bertz CT molecular complexity index is 955. The van der Waals surface area contributed by atoms with E-state index in [4.69, 9.17) is 9.15 Å². The molecule has 0 saturated heterocycles. The molecule has 7 heteroatoms. The maximum absolute atomic E-state index is 12.2. The van der Waals surface area contributed by atoms with E-state index in [2.05, 4.69) is 4.74 Å². The lowest BCUT2D eigenvalue weighted by Crippen LogP contribution is -2.05. The molecule has 1 aromatic heterocycles. The van der Waals surface area contributed by atoms with Crippen LogP contribution in [0.25, 0.3) is 10.8 Å². The highest BCUT2D eigenvalue weighted by molar-refractivity contribution is 6.03. The van der Waals surface area contributed by atoms with Gasteiger partial charge in [0.05, 0.1) is 7.11 Å². The van der Waals surface area contributed by atoms with Crippen LogP contribution in [-0.4, -0.2) is 29.3 Å². The molecule has 2 N–H and O–H groups in total. The van der Waals surface area contributed by atoms with Crippen LogP contribution >= 0.6 is 0 Å². The maximum Gasteiger partial charge on any atom is 0.373 e. The van der Waals surface area contributed by atoms with E-state index in [0.717, 1.165) is 6.07 Å². The second-order valence-corrected chi connectivity index (χ2v) is 5.17. The Kier molecular flexibility index (Phi) is 4.30. The van der Waals surface area contributed by atoms with E-state index in [1.807, 2.05) is 0 Å². The number of hydrogen-bond acceptors (Lipinski definition) is 7. The molecule has 0 spiro atoms. The van der Waals surface area contributed by atoms with Gasteiger partial charge in [0.15, 0.2) is 0 Å². The molecule has 0 amide bonds. The van der Waals surface area contributed by atoms with Gasteiger partial charge < -0.3 is 24.1 Å². The Morgan fingerprint density at radius 1 is 1.04 bits per heavy atom. The van der Waals surface area contributed by atoms with Gasteiger partial charge in [-0.25, -0.2) is 9.59 Å². The number of esters is 2. The molecule has 0 bridgehead atoms. The standard InChI is InChI=1S/C18H14O7/c1-23-18(22)15-7-6-10(25-15)9-24-17(21)13-8-14(19)11-4-2-3-5-12(11)16(13)20/h2-8,19-20H,9H2,1H3. The number of carbonyl (C=O) groups is 2. The number of phenolic OH excluding ortho intramolecular Hbond substituents is 2. The van der Waals surface area contributed by atoms with Crippen LogP contribution in [0.3, 0.4) is 0 Å². The van der Waals surface area contributed by atoms with Crippen molar-refractivity contribution < 1.29 is 33.7 Å². The van der Waals surface area contributed by atoms with E-state index < -0.39 is 11.9 Å². The van der Waals surface area contributed by atoms with E-state index in [1.54, 1.807) is 24.3 Å². The minimum atomic E-state index is -0.838. The average molecular weight is 342 g/mol. The van der Waals surface area contributed by atoms with Gasteiger partial charge in [-0.1, -0.05) is 24.3 Å². The van der Waals surface area contributed by atoms with Gasteiger partial charge in [0.1, 0.15) is 29.4 Å². The normalized spacial score (nSPS) is 10.6. The van der Waals surface area contributed by atoms with Crippen molar-refractivity contribution in [3.05, 3.63) is 59.5 Å². The summed E-state index contributed by atoms with van der Waals surface area (Å²) in [7, 11) is 1.22. The number of phenols is 2. The highest BCUT2D eigenvalue weighted by Crippen LogP contribution is 2.35. The quantitative estimate of drug-likeness (QED) is 0.554. The molecule has 3 aromatic rings. The van der Waals surface area contributed by atoms with Crippen molar-refractivity contribution in [1.82, 2.24) is 0 Å². The van der Waals surface area contributed by atoms with Gasteiger partial charge >= 0.3 is 11.9 Å². The van der Waals surface area contributed by atoms with E-state index >= 15 is 0 Å². The summed E-state index contributed by atoms with van der Waals surface area (Å²) in [6.07, 6.45) is 0. The average Bonchev–Trinajstić information content (AvgIpc) is 3.11. The number of aromatic hydroxyl groups is 2. The fourth-order valence-corrected chi connectivity index (χ4v) is 2.38. The highest BCUT2D eigenvalue weighted by atomic mass is 16.6.